The Kier molecular flexibility index (Phi) is 3.29. The Morgan fingerprint density at radius 2 is 2.20 bits per heavy atom. The lowest BCUT2D eigenvalue weighted by molar-refractivity contribution is -0.125. The number of primary amides is 1. The van der Waals surface area contributed by atoms with Crippen LogP contribution in [0.2, 0.25) is 0 Å². The molecule has 0 saturated carbocycles. The lowest BCUT2D eigenvalue weighted by atomic mass is 9.87. The van der Waals surface area contributed by atoms with Gasteiger partial charge in [0, 0.05) is 17.5 Å². The Morgan fingerprint density at radius 1 is 1.53 bits per heavy atom. The highest BCUT2D eigenvalue weighted by atomic mass is 16.5. The average Bonchev–Trinajstić information content (AvgIpc) is 2.18. The summed E-state index contributed by atoms with van der Waals surface area (Å²) in [6, 6.07) is 3.66. The van der Waals surface area contributed by atoms with Crippen LogP contribution in [0, 0.1) is 5.41 Å². The largest absolute Gasteiger partial charge is 0.495 e. The molecular weight excluding hydrogens is 192 g/mol. The zero-order valence-electron chi connectivity index (χ0n) is 9.28. The highest BCUT2D eigenvalue weighted by molar-refractivity contribution is 5.80. The Morgan fingerprint density at radius 3 is 2.60 bits per heavy atom. The fraction of sp³-hybridized carbons (Fsp3) is 0.455. The molecule has 4 nitrogen and oxygen atoms in total. The topological polar surface area (TPSA) is 65.2 Å². The molecule has 0 spiro atoms. The van der Waals surface area contributed by atoms with E-state index < -0.39 is 5.41 Å². The highest BCUT2D eigenvalue weighted by Gasteiger charge is 2.25. The van der Waals surface area contributed by atoms with Crippen molar-refractivity contribution in [3.05, 3.63) is 24.0 Å². The van der Waals surface area contributed by atoms with Crippen LogP contribution in [0.3, 0.4) is 0 Å². The van der Waals surface area contributed by atoms with Crippen LogP contribution < -0.4 is 10.5 Å². The van der Waals surface area contributed by atoms with E-state index in [0.717, 1.165) is 5.69 Å². The summed E-state index contributed by atoms with van der Waals surface area (Å²) in [4.78, 5) is 15.3. The number of aromatic nitrogens is 1. The first-order valence-corrected chi connectivity index (χ1v) is 4.74. The van der Waals surface area contributed by atoms with Crippen molar-refractivity contribution in [1.82, 2.24) is 4.98 Å². The van der Waals surface area contributed by atoms with Gasteiger partial charge in [0.1, 0.15) is 5.75 Å². The van der Waals surface area contributed by atoms with E-state index in [0.29, 0.717) is 12.2 Å². The molecule has 0 unspecified atom stereocenters. The van der Waals surface area contributed by atoms with Gasteiger partial charge in [-0.15, -0.1) is 0 Å². The molecule has 0 aliphatic rings. The van der Waals surface area contributed by atoms with E-state index >= 15 is 0 Å². The molecule has 1 heterocycles. The molecule has 0 bridgehead atoms. The predicted molar refractivity (Wildman–Crippen MR) is 57.5 cm³/mol. The van der Waals surface area contributed by atoms with Crippen molar-refractivity contribution in [3.63, 3.8) is 0 Å². The van der Waals surface area contributed by atoms with E-state index in [1.54, 1.807) is 27.2 Å². The van der Waals surface area contributed by atoms with Crippen molar-refractivity contribution in [2.45, 2.75) is 20.3 Å². The summed E-state index contributed by atoms with van der Waals surface area (Å²) < 4.78 is 4.99. The molecule has 1 aromatic heterocycles. The number of ether oxygens (including phenoxy) is 1. The number of nitrogens with zero attached hydrogens (tertiary/aromatic N) is 1. The average molecular weight is 208 g/mol. The fourth-order valence-corrected chi connectivity index (χ4v) is 1.18. The van der Waals surface area contributed by atoms with E-state index in [1.165, 1.54) is 0 Å². The monoisotopic (exact) mass is 208 g/mol. The predicted octanol–water partition coefficient (Wildman–Crippen LogP) is 1.14. The summed E-state index contributed by atoms with van der Waals surface area (Å²) >= 11 is 0. The quantitative estimate of drug-likeness (QED) is 0.807. The number of pyridine rings is 1. The molecule has 0 atom stereocenters. The molecule has 2 N–H and O–H groups in total. The van der Waals surface area contributed by atoms with Gasteiger partial charge in [-0.2, -0.15) is 0 Å². The van der Waals surface area contributed by atoms with Crippen LogP contribution in [0.25, 0.3) is 0 Å². The van der Waals surface area contributed by atoms with Gasteiger partial charge >= 0.3 is 0 Å². The van der Waals surface area contributed by atoms with Gasteiger partial charge in [-0.05, 0) is 12.1 Å². The molecular formula is C11H16N2O2. The number of carbonyl (C=O) groups is 1. The lowest BCUT2D eigenvalue weighted by Gasteiger charge is -2.19. The maximum atomic E-state index is 11.1. The third-order valence-corrected chi connectivity index (χ3v) is 2.32. The smallest absolute Gasteiger partial charge is 0.223 e. The van der Waals surface area contributed by atoms with Crippen molar-refractivity contribution in [1.29, 1.82) is 0 Å². The maximum absolute atomic E-state index is 11.1. The molecule has 82 valence electrons. The molecule has 0 fully saturated rings. The van der Waals surface area contributed by atoms with Crippen LogP contribution in [0.15, 0.2) is 18.3 Å². The number of hydrogen-bond acceptors (Lipinski definition) is 3. The third kappa shape index (κ3) is 2.94. The summed E-state index contributed by atoms with van der Waals surface area (Å²) in [5, 5.41) is 0. The number of amides is 1. The molecule has 0 aromatic carbocycles. The van der Waals surface area contributed by atoms with Gasteiger partial charge in [0.25, 0.3) is 0 Å². The standard InChI is InChI=1S/C11H16N2O2/c1-11(2,10(12)14)6-8-4-5-9(15-3)7-13-8/h4-5,7H,6H2,1-3H3,(H2,12,14). The van der Waals surface area contributed by atoms with Gasteiger partial charge in [0.15, 0.2) is 0 Å². The van der Waals surface area contributed by atoms with E-state index in [4.69, 9.17) is 10.5 Å². The molecule has 0 aliphatic heterocycles. The van der Waals surface area contributed by atoms with Gasteiger partial charge in [-0.25, -0.2) is 0 Å². The van der Waals surface area contributed by atoms with Crippen molar-refractivity contribution in [2.24, 2.45) is 11.1 Å². The second kappa shape index (κ2) is 4.29. The first-order valence-electron chi connectivity index (χ1n) is 4.74. The van der Waals surface area contributed by atoms with Gasteiger partial charge in [0.05, 0.1) is 13.3 Å². The fourth-order valence-electron chi connectivity index (χ4n) is 1.18. The van der Waals surface area contributed by atoms with Gasteiger partial charge in [-0.1, -0.05) is 13.8 Å². The number of hydrogen-bond donors (Lipinski definition) is 1. The molecule has 0 saturated heterocycles. The lowest BCUT2D eigenvalue weighted by Crippen LogP contribution is -2.33. The van der Waals surface area contributed by atoms with E-state index in [9.17, 15) is 4.79 Å². The molecule has 4 heteroatoms. The number of methoxy groups -OCH3 is 1. The van der Waals surface area contributed by atoms with Crippen LogP contribution in [-0.2, 0) is 11.2 Å². The minimum Gasteiger partial charge on any atom is -0.495 e. The second-order valence-corrected chi connectivity index (χ2v) is 4.11. The van der Waals surface area contributed by atoms with Crippen LogP contribution in [0.5, 0.6) is 5.75 Å². The zero-order chi connectivity index (χ0) is 11.5. The second-order valence-electron chi connectivity index (χ2n) is 4.11. The van der Waals surface area contributed by atoms with Crippen LogP contribution in [0.1, 0.15) is 19.5 Å². The van der Waals surface area contributed by atoms with E-state index in [1.807, 2.05) is 12.1 Å². The normalized spacial score (nSPS) is 11.1. The van der Waals surface area contributed by atoms with Crippen LogP contribution in [-0.4, -0.2) is 18.0 Å². The highest BCUT2D eigenvalue weighted by Crippen LogP contribution is 2.20. The van der Waals surface area contributed by atoms with Crippen molar-refractivity contribution < 1.29 is 9.53 Å². The van der Waals surface area contributed by atoms with Crippen LogP contribution >= 0.6 is 0 Å². The number of nitrogens with two attached hydrogens (primary N) is 1. The SMILES string of the molecule is COc1ccc(CC(C)(C)C(N)=O)nc1. The Labute approximate surface area is 89.5 Å². The van der Waals surface area contributed by atoms with E-state index in [2.05, 4.69) is 4.98 Å². The zero-order valence-corrected chi connectivity index (χ0v) is 9.28. The first kappa shape index (κ1) is 11.5. The molecule has 1 aromatic rings. The molecule has 15 heavy (non-hydrogen) atoms. The molecule has 0 aliphatic carbocycles. The number of rotatable bonds is 4. The third-order valence-electron chi connectivity index (χ3n) is 2.32. The van der Waals surface area contributed by atoms with Gasteiger partial charge < -0.3 is 10.5 Å². The minimum atomic E-state index is -0.568. The van der Waals surface area contributed by atoms with Crippen molar-refractivity contribution >= 4 is 5.91 Å². The molecule has 0 radical (unpaired) electrons. The molecule has 1 rings (SSSR count). The van der Waals surface area contributed by atoms with E-state index in [-0.39, 0.29) is 5.91 Å². The maximum Gasteiger partial charge on any atom is 0.223 e. The summed E-state index contributed by atoms with van der Waals surface area (Å²) in [5.74, 6) is 0.385. The van der Waals surface area contributed by atoms with Gasteiger partial charge in [-0.3, -0.25) is 9.78 Å². The Hall–Kier alpha value is -1.58. The minimum absolute atomic E-state index is 0.319. The number of carbonyl (C=O) groups excluding carboxylic acids is 1. The van der Waals surface area contributed by atoms with Crippen molar-refractivity contribution in [3.8, 4) is 5.75 Å². The summed E-state index contributed by atoms with van der Waals surface area (Å²) in [7, 11) is 1.59. The van der Waals surface area contributed by atoms with Crippen LogP contribution in [0.4, 0.5) is 0 Å². The Balaban J connectivity index is 2.77. The van der Waals surface area contributed by atoms with Gasteiger partial charge in [0.2, 0.25) is 5.91 Å². The molecule has 1 amide bonds. The summed E-state index contributed by atoms with van der Waals surface area (Å²) in [6.07, 6.45) is 2.17. The first-order chi connectivity index (χ1) is 6.95. The Bertz CT molecular complexity index is 344. The summed E-state index contributed by atoms with van der Waals surface area (Å²) in [6.45, 7) is 3.61. The van der Waals surface area contributed by atoms with Crippen molar-refractivity contribution in [2.75, 3.05) is 7.11 Å². The summed E-state index contributed by atoms with van der Waals surface area (Å²) in [5.41, 5.74) is 5.55.